The zero-order valence-electron chi connectivity index (χ0n) is 21.9. The summed E-state index contributed by atoms with van der Waals surface area (Å²) in [5, 5.41) is 11.6. The monoisotopic (exact) mass is 519 g/mol. The Balaban J connectivity index is 1.08. The highest BCUT2D eigenvalue weighted by Gasteiger charge is 2.45. The molecule has 1 aromatic carbocycles. The number of nitrogens with one attached hydrogen (secondary N) is 2. The predicted octanol–water partition coefficient (Wildman–Crippen LogP) is 4.33. The van der Waals surface area contributed by atoms with Gasteiger partial charge in [0.25, 0.3) is 0 Å². The molecule has 10 heteroatoms. The molecule has 2 unspecified atom stereocenters. The first-order chi connectivity index (χ1) is 19.1. The number of methoxy groups -OCH3 is 1. The van der Waals surface area contributed by atoms with Crippen LogP contribution in [0.25, 0.3) is 22.3 Å². The van der Waals surface area contributed by atoms with Crippen LogP contribution >= 0.6 is 0 Å². The van der Waals surface area contributed by atoms with Crippen molar-refractivity contribution in [2.24, 2.45) is 0 Å². The number of hydrogen-bond acceptors (Lipinski definition) is 9. The number of aromatic amines is 1. The van der Waals surface area contributed by atoms with Gasteiger partial charge in [-0.25, -0.2) is 19.9 Å². The van der Waals surface area contributed by atoms with Gasteiger partial charge < -0.3 is 15.0 Å². The van der Waals surface area contributed by atoms with Crippen molar-refractivity contribution in [2.45, 2.75) is 32.0 Å². The summed E-state index contributed by atoms with van der Waals surface area (Å²) in [6, 6.07) is 19.1. The van der Waals surface area contributed by atoms with Gasteiger partial charge in [0.15, 0.2) is 11.6 Å². The number of piperidine rings is 1. The van der Waals surface area contributed by atoms with E-state index in [4.69, 9.17) is 19.7 Å². The first kappa shape index (κ1) is 23.5. The van der Waals surface area contributed by atoms with Gasteiger partial charge in [0.05, 0.1) is 12.6 Å². The highest BCUT2D eigenvalue weighted by atomic mass is 16.5. The summed E-state index contributed by atoms with van der Waals surface area (Å²) in [7, 11) is 1.64. The summed E-state index contributed by atoms with van der Waals surface area (Å²) in [4.78, 5) is 23.8. The van der Waals surface area contributed by atoms with Crippen LogP contribution in [0.15, 0.2) is 67.0 Å². The lowest BCUT2D eigenvalue weighted by atomic mass is 9.87. The molecule has 7 heterocycles. The fourth-order valence-electron chi connectivity index (χ4n) is 5.66. The molecule has 3 saturated heterocycles. The Morgan fingerprint density at radius 3 is 2.59 bits per heavy atom. The molecule has 3 fully saturated rings. The number of ether oxygens (including phenoxy) is 1. The minimum absolute atomic E-state index is 0.471. The standard InChI is InChI=1S/C29H29N9O/c1-18-11-25(36-35-18)33-29-23-5-3-4-6-24(23)32-28(34-29)20-8-9-26(30-14-20)38-21-12-22(38)17-37(16-21)15-19-7-10-27(39-2)31-13-19/h3-11,13-14,21-22H,12,15-17H2,1-2H3,(H2,32,33,34,35,36). The molecule has 0 aliphatic carbocycles. The van der Waals surface area contributed by atoms with Gasteiger partial charge in [-0.05, 0) is 43.2 Å². The molecule has 2 N–H and O–H groups in total. The molecule has 0 radical (unpaired) electrons. The van der Waals surface area contributed by atoms with Gasteiger partial charge in [0, 0.05) is 72.9 Å². The molecule has 5 aromatic rings. The maximum atomic E-state index is 5.18. The molecule has 4 aromatic heterocycles. The number of para-hydroxylation sites is 1. The van der Waals surface area contributed by atoms with Crippen LogP contribution in [-0.4, -0.2) is 67.3 Å². The lowest BCUT2D eigenvalue weighted by molar-refractivity contribution is 0.107. The molecular weight excluding hydrogens is 490 g/mol. The highest BCUT2D eigenvalue weighted by molar-refractivity contribution is 5.92. The van der Waals surface area contributed by atoms with Crippen LogP contribution in [0.2, 0.25) is 0 Å². The minimum Gasteiger partial charge on any atom is -0.481 e. The van der Waals surface area contributed by atoms with E-state index in [0.29, 0.717) is 23.8 Å². The summed E-state index contributed by atoms with van der Waals surface area (Å²) in [5.74, 6) is 3.73. The fraction of sp³-hybridized carbons (Fsp3) is 0.276. The number of rotatable bonds is 7. The number of H-pyrrole nitrogens is 1. The van der Waals surface area contributed by atoms with Crippen LogP contribution in [0.4, 0.5) is 17.5 Å². The van der Waals surface area contributed by atoms with Gasteiger partial charge in [0.1, 0.15) is 11.6 Å². The number of aryl methyl sites for hydroxylation is 1. The van der Waals surface area contributed by atoms with Crippen LogP contribution in [-0.2, 0) is 6.54 Å². The second-order valence-electron chi connectivity index (χ2n) is 10.2. The molecule has 2 bridgehead atoms. The summed E-state index contributed by atoms with van der Waals surface area (Å²) in [6.07, 6.45) is 5.00. The van der Waals surface area contributed by atoms with Crippen molar-refractivity contribution in [3.63, 3.8) is 0 Å². The third-order valence-electron chi connectivity index (χ3n) is 7.51. The van der Waals surface area contributed by atoms with E-state index in [1.165, 1.54) is 12.0 Å². The third-order valence-corrected chi connectivity index (χ3v) is 7.51. The fourth-order valence-corrected chi connectivity index (χ4v) is 5.66. The molecule has 196 valence electrons. The SMILES string of the molecule is COc1ccc(CN2CC3CC(C2)N3c2ccc(-c3nc(Nc4cc(C)[nH]n4)c4ccccc4n3)cn2)cn1. The Labute approximate surface area is 226 Å². The van der Waals surface area contributed by atoms with Crippen LogP contribution in [0.3, 0.4) is 0 Å². The predicted molar refractivity (Wildman–Crippen MR) is 150 cm³/mol. The molecule has 2 atom stereocenters. The second-order valence-corrected chi connectivity index (χ2v) is 10.2. The molecule has 0 spiro atoms. The number of fused-ring (bicyclic) bond motifs is 3. The minimum atomic E-state index is 0.471. The molecule has 10 nitrogen and oxygen atoms in total. The first-order valence-electron chi connectivity index (χ1n) is 13.1. The van der Waals surface area contributed by atoms with Crippen LogP contribution < -0.4 is 15.0 Å². The van der Waals surface area contributed by atoms with Crippen LogP contribution in [0.5, 0.6) is 5.88 Å². The van der Waals surface area contributed by atoms with Crippen molar-refractivity contribution in [3.8, 4) is 17.3 Å². The Kier molecular flexibility index (Phi) is 5.81. The Morgan fingerprint density at radius 1 is 1.00 bits per heavy atom. The van der Waals surface area contributed by atoms with Gasteiger partial charge >= 0.3 is 0 Å². The van der Waals surface area contributed by atoms with E-state index in [0.717, 1.165) is 59.2 Å². The van der Waals surface area contributed by atoms with E-state index >= 15 is 0 Å². The second kappa shape index (κ2) is 9.63. The quantitative estimate of drug-likeness (QED) is 0.325. The van der Waals surface area contributed by atoms with Gasteiger partial charge in [-0.2, -0.15) is 5.10 Å². The number of hydrogen-bond donors (Lipinski definition) is 2. The molecular formula is C29H29N9O. The van der Waals surface area contributed by atoms with E-state index in [9.17, 15) is 0 Å². The smallest absolute Gasteiger partial charge is 0.212 e. The number of pyridine rings is 2. The van der Waals surface area contributed by atoms with Crippen molar-refractivity contribution in [3.05, 3.63) is 78.2 Å². The summed E-state index contributed by atoms with van der Waals surface area (Å²) < 4.78 is 5.18. The van der Waals surface area contributed by atoms with Gasteiger partial charge in [0.2, 0.25) is 5.88 Å². The van der Waals surface area contributed by atoms with E-state index in [1.54, 1.807) is 7.11 Å². The van der Waals surface area contributed by atoms with Crippen molar-refractivity contribution in [1.82, 2.24) is 35.0 Å². The average molecular weight is 520 g/mol. The van der Waals surface area contributed by atoms with Gasteiger partial charge in [-0.15, -0.1) is 0 Å². The van der Waals surface area contributed by atoms with Gasteiger partial charge in [-0.1, -0.05) is 18.2 Å². The number of aromatic nitrogens is 6. The van der Waals surface area contributed by atoms with Crippen LogP contribution in [0, 0.1) is 6.92 Å². The zero-order chi connectivity index (χ0) is 26.3. The highest BCUT2D eigenvalue weighted by Crippen LogP contribution is 2.37. The van der Waals surface area contributed by atoms with Crippen molar-refractivity contribution in [1.29, 1.82) is 0 Å². The van der Waals surface area contributed by atoms with E-state index in [1.807, 2.05) is 55.7 Å². The maximum absolute atomic E-state index is 5.18. The van der Waals surface area contributed by atoms with Crippen molar-refractivity contribution < 1.29 is 4.74 Å². The molecule has 8 rings (SSSR count). The number of piperazine rings is 1. The van der Waals surface area contributed by atoms with E-state index < -0.39 is 0 Å². The Hall–Kier alpha value is -4.57. The lowest BCUT2D eigenvalue weighted by Crippen LogP contribution is -2.69. The number of anilines is 3. The Bertz CT molecular complexity index is 1600. The van der Waals surface area contributed by atoms with Crippen molar-refractivity contribution >= 4 is 28.4 Å². The number of nitrogens with zero attached hydrogens (tertiary/aromatic N) is 7. The first-order valence-corrected chi connectivity index (χ1v) is 13.1. The molecule has 39 heavy (non-hydrogen) atoms. The Morgan fingerprint density at radius 2 is 1.87 bits per heavy atom. The van der Waals surface area contributed by atoms with Crippen LogP contribution in [0.1, 0.15) is 17.7 Å². The van der Waals surface area contributed by atoms with Gasteiger partial charge in [-0.3, -0.25) is 10.00 Å². The zero-order valence-corrected chi connectivity index (χ0v) is 21.9. The molecule has 0 amide bonds. The number of benzene rings is 1. The molecule has 0 saturated carbocycles. The molecule has 3 aliphatic rings. The summed E-state index contributed by atoms with van der Waals surface area (Å²) in [6.45, 7) is 4.90. The normalized spacial score (nSPS) is 18.7. The molecule has 3 aliphatic heterocycles. The average Bonchev–Trinajstić information content (AvgIpc) is 3.38. The van der Waals surface area contributed by atoms with E-state index in [2.05, 4.69) is 48.5 Å². The topological polar surface area (TPSA) is 108 Å². The summed E-state index contributed by atoms with van der Waals surface area (Å²) >= 11 is 0. The lowest BCUT2D eigenvalue weighted by Gasteiger charge is -2.57. The van der Waals surface area contributed by atoms with E-state index in [-0.39, 0.29) is 0 Å². The maximum Gasteiger partial charge on any atom is 0.212 e. The summed E-state index contributed by atoms with van der Waals surface area (Å²) in [5.41, 5.74) is 3.93. The third kappa shape index (κ3) is 4.52. The largest absolute Gasteiger partial charge is 0.481 e. The van der Waals surface area contributed by atoms with Crippen molar-refractivity contribution in [2.75, 3.05) is 30.4 Å².